The fraction of sp³-hybridized carbons (Fsp3) is 0.647. The molecule has 0 aliphatic rings. The Bertz CT molecular complexity index is 385. The third kappa shape index (κ3) is 4.63. The van der Waals surface area contributed by atoms with Crippen LogP contribution in [-0.2, 0) is 0 Å². The third-order valence-corrected chi connectivity index (χ3v) is 3.80. The van der Waals surface area contributed by atoms with Gasteiger partial charge in [0.05, 0.1) is 0 Å². The molecule has 108 valence electrons. The Morgan fingerprint density at radius 2 is 1.84 bits per heavy atom. The minimum atomic E-state index is 0.424. The highest BCUT2D eigenvalue weighted by molar-refractivity contribution is 5.33. The van der Waals surface area contributed by atoms with Gasteiger partial charge in [-0.3, -0.25) is 4.90 Å². The highest BCUT2D eigenvalue weighted by atomic mass is 15.2. The third-order valence-electron chi connectivity index (χ3n) is 3.80. The summed E-state index contributed by atoms with van der Waals surface area (Å²) in [5.41, 5.74) is 4.17. The molecule has 0 aliphatic carbocycles. The molecule has 2 heteroatoms. The fourth-order valence-corrected chi connectivity index (χ4v) is 2.68. The summed E-state index contributed by atoms with van der Waals surface area (Å²) in [6, 6.07) is 7.81. The van der Waals surface area contributed by atoms with Crippen LogP contribution in [-0.4, -0.2) is 30.6 Å². The van der Waals surface area contributed by atoms with Crippen molar-refractivity contribution in [2.24, 2.45) is 0 Å². The SMILES string of the molecule is CCNC(CN(CC)C(C)C)c1ccc(C)cc1C. The molecular weight excluding hydrogens is 232 g/mol. The van der Waals surface area contributed by atoms with E-state index in [1.54, 1.807) is 0 Å². The topological polar surface area (TPSA) is 15.3 Å². The van der Waals surface area contributed by atoms with Crippen molar-refractivity contribution in [3.63, 3.8) is 0 Å². The summed E-state index contributed by atoms with van der Waals surface area (Å²) in [5, 5.41) is 3.64. The molecule has 0 radical (unpaired) electrons. The Labute approximate surface area is 119 Å². The molecule has 1 atom stereocenters. The van der Waals surface area contributed by atoms with Gasteiger partial charge in [0, 0.05) is 18.6 Å². The van der Waals surface area contributed by atoms with Gasteiger partial charge in [0.25, 0.3) is 0 Å². The molecule has 0 saturated heterocycles. The Hall–Kier alpha value is -0.860. The van der Waals surface area contributed by atoms with Crippen molar-refractivity contribution in [3.05, 3.63) is 34.9 Å². The molecule has 1 aromatic rings. The summed E-state index contributed by atoms with van der Waals surface area (Å²) in [4.78, 5) is 2.52. The summed E-state index contributed by atoms with van der Waals surface area (Å²) < 4.78 is 0. The summed E-state index contributed by atoms with van der Waals surface area (Å²) >= 11 is 0. The van der Waals surface area contributed by atoms with Crippen molar-refractivity contribution in [1.82, 2.24) is 10.2 Å². The number of hydrogen-bond donors (Lipinski definition) is 1. The van der Waals surface area contributed by atoms with Gasteiger partial charge in [-0.15, -0.1) is 0 Å². The zero-order valence-electron chi connectivity index (χ0n) is 13.5. The molecular formula is C17H30N2. The van der Waals surface area contributed by atoms with Gasteiger partial charge < -0.3 is 5.32 Å². The van der Waals surface area contributed by atoms with Gasteiger partial charge in [-0.05, 0) is 51.9 Å². The lowest BCUT2D eigenvalue weighted by atomic mass is 9.98. The van der Waals surface area contributed by atoms with Gasteiger partial charge in [-0.2, -0.15) is 0 Å². The second-order valence-electron chi connectivity index (χ2n) is 5.65. The van der Waals surface area contributed by atoms with Crippen LogP contribution >= 0.6 is 0 Å². The minimum absolute atomic E-state index is 0.424. The number of nitrogens with zero attached hydrogens (tertiary/aromatic N) is 1. The molecule has 0 fully saturated rings. The summed E-state index contributed by atoms with van der Waals surface area (Å²) in [6.07, 6.45) is 0. The predicted molar refractivity (Wildman–Crippen MR) is 84.7 cm³/mol. The van der Waals surface area contributed by atoms with Crippen molar-refractivity contribution in [2.75, 3.05) is 19.6 Å². The zero-order valence-corrected chi connectivity index (χ0v) is 13.5. The van der Waals surface area contributed by atoms with Crippen LogP contribution in [0.25, 0.3) is 0 Å². The van der Waals surface area contributed by atoms with E-state index >= 15 is 0 Å². The first-order valence-corrected chi connectivity index (χ1v) is 7.54. The van der Waals surface area contributed by atoms with Crippen LogP contribution in [0, 0.1) is 13.8 Å². The average Bonchev–Trinajstić information content (AvgIpc) is 2.34. The van der Waals surface area contributed by atoms with Crippen molar-refractivity contribution in [3.8, 4) is 0 Å². The van der Waals surface area contributed by atoms with Crippen LogP contribution < -0.4 is 5.32 Å². The van der Waals surface area contributed by atoms with Crippen LogP contribution in [0.15, 0.2) is 18.2 Å². The molecule has 0 saturated carbocycles. The molecule has 1 rings (SSSR count). The molecule has 19 heavy (non-hydrogen) atoms. The van der Waals surface area contributed by atoms with Crippen LogP contribution in [0.3, 0.4) is 0 Å². The van der Waals surface area contributed by atoms with Crippen LogP contribution in [0.5, 0.6) is 0 Å². The van der Waals surface area contributed by atoms with Crippen LogP contribution in [0.2, 0.25) is 0 Å². The van der Waals surface area contributed by atoms with Gasteiger partial charge in [0.15, 0.2) is 0 Å². The number of nitrogens with one attached hydrogen (secondary N) is 1. The molecule has 1 aromatic carbocycles. The standard InChI is InChI=1S/C17H30N2/c1-7-18-17(12-19(8-2)13(3)4)16-10-9-14(5)11-15(16)6/h9-11,13,17-18H,7-8,12H2,1-6H3. The first-order valence-electron chi connectivity index (χ1n) is 7.54. The lowest BCUT2D eigenvalue weighted by Crippen LogP contribution is -2.39. The molecule has 0 aliphatic heterocycles. The minimum Gasteiger partial charge on any atom is -0.309 e. The maximum absolute atomic E-state index is 3.64. The Morgan fingerprint density at radius 3 is 2.32 bits per heavy atom. The molecule has 0 spiro atoms. The number of rotatable bonds is 7. The number of aryl methyl sites for hydroxylation is 2. The summed E-state index contributed by atoms with van der Waals surface area (Å²) in [6.45, 7) is 16.5. The second kappa shape index (κ2) is 7.66. The number of hydrogen-bond acceptors (Lipinski definition) is 2. The van der Waals surface area contributed by atoms with E-state index in [-0.39, 0.29) is 0 Å². The van der Waals surface area contributed by atoms with Gasteiger partial charge in [0.1, 0.15) is 0 Å². The van der Waals surface area contributed by atoms with E-state index in [0.717, 1.165) is 19.6 Å². The second-order valence-corrected chi connectivity index (χ2v) is 5.65. The summed E-state index contributed by atoms with van der Waals surface area (Å²) in [5.74, 6) is 0. The van der Waals surface area contributed by atoms with Crippen molar-refractivity contribution >= 4 is 0 Å². The van der Waals surface area contributed by atoms with E-state index < -0.39 is 0 Å². The van der Waals surface area contributed by atoms with E-state index in [1.165, 1.54) is 16.7 Å². The quantitative estimate of drug-likeness (QED) is 0.806. The van der Waals surface area contributed by atoms with E-state index in [0.29, 0.717) is 12.1 Å². The highest BCUT2D eigenvalue weighted by Crippen LogP contribution is 2.20. The van der Waals surface area contributed by atoms with Crippen LogP contribution in [0.1, 0.15) is 50.4 Å². The van der Waals surface area contributed by atoms with Gasteiger partial charge in [0.2, 0.25) is 0 Å². The Balaban J connectivity index is 2.93. The maximum Gasteiger partial charge on any atom is 0.0451 e. The zero-order chi connectivity index (χ0) is 14.4. The fourth-order valence-electron chi connectivity index (χ4n) is 2.68. The molecule has 0 bridgehead atoms. The lowest BCUT2D eigenvalue weighted by Gasteiger charge is -2.31. The maximum atomic E-state index is 3.64. The van der Waals surface area contributed by atoms with Crippen LogP contribution in [0.4, 0.5) is 0 Å². The molecule has 2 nitrogen and oxygen atoms in total. The predicted octanol–water partition coefficient (Wildman–Crippen LogP) is 3.68. The van der Waals surface area contributed by atoms with Crippen molar-refractivity contribution < 1.29 is 0 Å². The molecule has 0 amide bonds. The molecule has 1 N–H and O–H groups in total. The highest BCUT2D eigenvalue weighted by Gasteiger charge is 2.17. The molecule has 0 aromatic heterocycles. The van der Waals surface area contributed by atoms with Gasteiger partial charge in [-0.25, -0.2) is 0 Å². The van der Waals surface area contributed by atoms with Crippen molar-refractivity contribution in [1.29, 1.82) is 0 Å². The van der Waals surface area contributed by atoms with Crippen molar-refractivity contribution in [2.45, 2.75) is 53.6 Å². The first-order chi connectivity index (χ1) is 8.99. The Kier molecular flexibility index (Phi) is 6.53. The number of benzene rings is 1. The Morgan fingerprint density at radius 1 is 1.16 bits per heavy atom. The van der Waals surface area contributed by atoms with E-state index in [9.17, 15) is 0 Å². The van der Waals surface area contributed by atoms with E-state index in [1.807, 2.05) is 0 Å². The first kappa shape index (κ1) is 16.2. The smallest absolute Gasteiger partial charge is 0.0451 e. The largest absolute Gasteiger partial charge is 0.309 e. The van der Waals surface area contributed by atoms with Gasteiger partial charge in [-0.1, -0.05) is 37.6 Å². The van der Waals surface area contributed by atoms with E-state index in [4.69, 9.17) is 0 Å². The molecule has 0 heterocycles. The molecule has 1 unspecified atom stereocenters. The number of likely N-dealkylation sites (N-methyl/N-ethyl adjacent to an activating group) is 2. The normalized spacial score (nSPS) is 13.3. The monoisotopic (exact) mass is 262 g/mol. The average molecular weight is 262 g/mol. The van der Waals surface area contributed by atoms with E-state index in [2.05, 4.69) is 70.0 Å². The lowest BCUT2D eigenvalue weighted by molar-refractivity contribution is 0.208. The summed E-state index contributed by atoms with van der Waals surface area (Å²) in [7, 11) is 0. The van der Waals surface area contributed by atoms with Gasteiger partial charge >= 0.3 is 0 Å².